The van der Waals surface area contributed by atoms with Crippen molar-refractivity contribution in [3.05, 3.63) is 62.6 Å². The van der Waals surface area contributed by atoms with Crippen LogP contribution in [-0.4, -0.2) is 26.1 Å². The summed E-state index contributed by atoms with van der Waals surface area (Å²) < 4.78 is 24.3. The normalized spacial score (nSPS) is 19.2. The molecule has 1 amide bonds. The Balaban J connectivity index is 2.01. The summed E-state index contributed by atoms with van der Waals surface area (Å²) in [5, 5.41) is 3.01. The van der Waals surface area contributed by atoms with E-state index >= 15 is 0 Å². The molecule has 0 spiro atoms. The van der Waals surface area contributed by atoms with E-state index < -0.39 is 15.9 Å². The molecule has 7 heteroatoms. The molecular formula is C15H12BrNO3S2. The lowest BCUT2D eigenvalue weighted by Crippen LogP contribution is -2.40. The molecule has 0 aliphatic carbocycles. The molecule has 2 aromatic rings. The van der Waals surface area contributed by atoms with Crippen LogP contribution in [0.2, 0.25) is 0 Å². The molecule has 0 unspecified atom stereocenters. The summed E-state index contributed by atoms with van der Waals surface area (Å²) in [4.78, 5) is 14.9. The minimum atomic E-state index is -3.24. The van der Waals surface area contributed by atoms with Gasteiger partial charge >= 0.3 is 0 Å². The van der Waals surface area contributed by atoms with Gasteiger partial charge in [-0.25, -0.2) is 8.42 Å². The van der Waals surface area contributed by atoms with Gasteiger partial charge in [-0.05, 0) is 41.8 Å². The van der Waals surface area contributed by atoms with Crippen LogP contribution in [0.5, 0.6) is 0 Å². The monoisotopic (exact) mass is 397 g/mol. The molecule has 0 bridgehead atoms. The van der Waals surface area contributed by atoms with Crippen molar-refractivity contribution >= 4 is 48.7 Å². The summed E-state index contributed by atoms with van der Waals surface area (Å²) in [7, 11) is -3.24. The lowest BCUT2D eigenvalue weighted by molar-refractivity contribution is 0.0987. The van der Waals surface area contributed by atoms with Crippen LogP contribution >= 0.6 is 27.3 Å². The number of hydrogen-bond acceptors (Lipinski definition) is 4. The van der Waals surface area contributed by atoms with Gasteiger partial charge in [0.2, 0.25) is 0 Å². The van der Waals surface area contributed by atoms with E-state index in [9.17, 15) is 13.2 Å². The molecule has 0 fully saturated rings. The minimum absolute atomic E-state index is 0.0832. The van der Waals surface area contributed by atoms with Crippen molar-refractivity contribution in [2.24, 2.45) is 0 Å². The highest BCUT2D eigenvalue weighted by molar-refractivity contribution is 9.10. The van der Waals surface area contributed by atoms with Gasteiger partial charge in [-0.3, -0.25) is 9.69 Å². The van der Waals surface area contributed by atoms with Crippen LogP contribution in [0.15, 0.2) is 57.7 Å². The second-order valence-corrected chi connectivity index (χ2v) is 8.65. The van der Waals surface area contributed by atoms with E-state index in [1.54, 1.807) is 35.2 Å². The van der Waals surface area contributed by atoms with Gasteiger partial charge in [0.05, 0.1) is 16.7 Å². The molecule has 0 N–H and O–H groups in total. The molecule has 2 heterocycles. The van der Waals surface area contributed by atoms with Crippen LogP contribution in [0.25, 0.3) is 0 Å². The summed E-state index contributed by atoms with van der Waals surface area (Å²) in [6.07, 6.45) is 1.57. The minimum Gasteiger partial charge on any atom is -0.300 e. The van der Waals surface area contributed by atoms with E-state index in [1.165, 1.54) is 16.7 Å². The molecule has 3 rings (SSSR count). The van der Waals surface area contributed by atoms with E-state index in [0.29, 0.717) is 10.6 Å². The van der Waals surface area contributed by atoms with Crippen LogP contribution in [0, 0.1) is 0 Å². The van der Waals surface area contributed by atoms with Crippen molar-refractivity contribution in [1.29, 1.82) is 0 Å². The average Bonchev–Trinajstić information content (AvgIpc) is 3.11. The van der Waals surface area contributed by atoms with E-state index in [1.807, 2.05) is 17.5 Å². The van der Waals surface area contributed by atoms with Gasteiger partial charge in [0.15, 0.2) is 9.84 Å². The van der Waals surface area contributed by atoms with Gasteiger partial charge in [-0.15, -0.1) is 11.3 Å². The Labute approximate surface area is 141 Å². The predicted octanol–water partition coefficient (Wildman–Crippen LogP) is 3.47. The number of anilines is 1. The Morgan fingerprint density at radius 3 is 2.50 bits per heavy atom. The average molecular weight is 398 g/mol. The number of amides is 1. The summed E-state index contributed by atoms with van der Waals surface area (Å²) in [5.41, 5.74) is 0.674. The van der Waals surface area contributed by atoms with Crippen molar-refractivity contribution in [3.8, 4) is 0 Å². The van der Waals surface area contributed by atoms with E-state index in [0.717, 1.165) is 4.47 Å². The van der Waals surface area contributed by atoms with Gasteiger partial charge in [0.25, 0.3) is 5.91 Å². The van der Waals surface area contributed by atoms with Crippen LogP contribution in [-0.2, 0) is 9.84 Å². The Hall–Kier alpha value is -1.44. The third-order valence-electron chi connectivity index (χ3n) is 3.30. The van der Waals surface area contributed by atoms with Crippen molar-refractivity contribution in [3.63, 3.8) is 0 Å². The molecule has 0 saturated carbocycles. The molecule has 0 saturated heterocycles. The van der Waals surface area contributed by atoms with Crippen LogP contribution in [0.3, 0.4) is 0 Å². The SMILES string of the molecule is O=C(c1cccs1)N(c1ccc(Br)cc1)[C@H]1C=CS(=O)(=O)C1. The van der Waals surface area contributed by atoms with Crippen LogP contribution in [0.4, 0.5) is 5.69 Å². The number of sulfone groups is 1. The number of hydrogen-bond donors (Lipinski definition) is 0. The van der Waals surface area contributed by atoms with E-state index in [2.05, 4.69) is 15.9 Å². The van der Waals surface area contributed by atoms with Crippen molar-refractivity contribution < 1.29 is 13.2 Å². The fraction of sp³-hybridized carbons (Fsp3) is 0.133. The van der Waals surface area contributed by atoms with Gasteiger partial charge < -0.3 is 0 Å². The summed E-state index contributed by atoms with van der Waals surface area (Å²) >= 11 is 4.70. The van der Waals surface area contributed by atoms with Crippen LogP contribution < -0.4 is 4.90 Å². The number of benzene rings is 1. The largest absolute Gasteiger partial charge is 0.300 e. The number of nitrogens with zero attached hydrogens (tertiary/aromatic N) is 1. The number of carbonyl (C=O) groups is 1. The molecular weight excluding hydrogens is 386 g/mol. The first-order chi connectivity index (χ1) is 10.5. The highest BCUT2D eigenvalue weighted by atomic mass is 79.9. The molecule has 1 aliphatic heterocycles. The number of thiophene rings is 1. The summed E-state index contributed by atoms with van der Waals surface area (Å²) in [5.74, 6) is -0.274. The number of halogens is 1. The van der Waals surface area contributed by atoms with E-state index in [4.69, 9.17) is 0 Å². The maximum Gasteiger partial charge on any atom is 0.268 e. The molecule has 1 atom stereocenters. The predicted molar refractivity (Wildman–Crippen MR) is 92.0 cm³/mol. The molecule has 1 aromatic heterocycles. The third kappa shape index (κ3) is 3.16. The third-order valence-corrected chi connectivity index (χ3v) is 6.06. The van der Waals surface area contributed by atoms with Gasteiger partial charge in [-0.1, -0.05) is 22.0 Å². The maximum atomic E-state index is 12.8. The lowest BCUT2D eigenvalue weighted by Gasteiger charge is -2.27. The van der Waals surface area contributed by atoms with Crippen LogP contribution in [0.1, 0.15) is 9.67 Å². The first-order valence-corrected chi connectivity index (χ1v) is 9.89. The fourth-order valence-electron chi connectivity index (χ4n) is 2.30. The first-order valence-electron chi connectivity index (χ1n) is 6.50. The molecule has 1 aromatic carbocycles. The quantitative estimate of drug-likeness (QED) is 0.796. The van der Waals surface area contributed by atoms with Gasteiger partial charge in [-0.2, -0.15) is 0 Å². The Bertz CT molecular complexity index is 811. The molecule has 1 aliphatic rings. The Morgan fingerprint density at radius 1 is 1.23 bits per heavy atom. The number of carbonyl (C=O) groups excluding carboxylic acids is 1. The Morgan fingerprint density at radius 2 is 1.95 bits per heavy atom. The topological polar surface area (TPSA) is 54.5 Å². The standard InChI is InChI=1S/C15H12BrNO3S2/c16-11-3-5-12(6-4-11)17(13-7-9-22(19,20)10-13)15(18)14-2-1-8-21-14/h1-9,13H,10H2/t13-/m0/s1. The highest BCUT2D eigenvalue weighted by Crippen LogP contribution is 2.27. The molecule has 114 valence electrons. The fourth-order valence-corrected chi connectivity index (χ4v) is 4.49. The molecule has 0 radical (unpaired) electrons. The maximum absolute atomic E-state index is 12.8. The zero-order valence-electron chi connectivity index (χ0n) is 11.3. The first kappa shape index (κ1) is 15.5. The van der Waals surface area contributed by atoms with Crippen molar-refractivity contribution in [1.82, 2.24) is 0 Å². The summed E-state index contributed by atoms with van der Waals surface area (Å²) in [6, 6.07) is 10.3. The number of rotatable bonds is 3. The molecule has 4 nitrogen and oxygen atoms in total. The summed E-state index contributed by atoms with van der Waals surface area (Å²) in [6.45, 7) is 0. The second kappa shape index (κ2) is 5.98. The highest BCUT2D eigenvalue weighted by Gasteiger charge is 2.32. The zero-order valence-corrected chi connectivity index (χ0v) is 14.6. The van der Waals surface area contributed by atoms with Crippen molar-refractivity contribution in [2.75, 3.05) is 10.7 Å². The van der Waals surface area contributed by atoms with Gasteiger partial charge in [0.1, 0.15) is 0 Å². The van der Waals surface area contributed by atoms with Gasteiger partial charge in [0, 0.05) is 15.6 Å². The smallest absolute Gasteiger partial charge is 0.268 e. The van der Waals surface area contributed by atoms with E-state index in [-0.39, 0.29) is 11.7 Å². The molecule has 22 heavy (non-hydrogen) atoms. The second-order valence-electron chi connectivity index (χ2n) is 4.85. The lowest BCUT2D eigenvalue weighted by atomic mass is 10.2. The zero-order chi connectivity index (χ0) is 15.7. The van der Waals surface area contributed by atoms with Crippen molar-refractivity contribution in [2.45, 2.75) is 6.04 Å². The Kier molecular flexibility index (Phi) is 4.20.